The second-order valence-corrected chi connectivity index (χ2v) is 4.17. The second kappa shape index (κ2) is 7.21. The number of rotatable bonds is 6. The van der Waals surface area contributed by atoms with Crippen LogP contribution in [-0.4, -0.2) is 54.9 Å². The Labute approximate surface area is 101 Å². The number of hydrazine groups is 1. The van der Waals surface area contributed by atoms with Crippen LogP contribution >= 0.6 is 0 Å². The van der Waals surface area contributed by atoms with Gasteiger partial charge >= 0.3 is 5.97 Å². The van der Waals surface area contributed by atoms with Gasteiger partial charge in [0.1, 0.15) is 0 Å². The molecular formula is C10H20N4O3. The summed E-state index contributed by atoms with van der Waals surface area (Å²) in [4.78, 5) is 30.8. The van der Waals surface area contributed by atoms with Gasteiger partial charge in [0.15, 0.2) is 0 Å². The smallest absolute Gasteiger partial charge is 0.327 e. The molecule has 0 unspecified atom stereocenters. The van der Waals surface area contributed by atoms with Crippen molar-refractivity contribution >= 4 is 11.9 Å². The van der Waals surface area contributed by atoms with E-state index >= 15 is 0 Å². The van der Waals surface area contributed by atoms with Gasteiger partial charge in [0.25, 0.3) is 0 Å². The fourth-order valence-corrected chi connectivity index (χ4v) is 1.78. The first kappa shape index (κ1) is 13.9. The fourth-order valence-electron chi connectivity index (χ4n) is 1.78. The zero-order valence-corrected chi connectivity index (χ0v) is 10.1. The Morgan fingerprint density at radius 2 is 2.06 bits per heavy atom. The van der Waals surface area contributed by atoms with Gasteiger partial charge in [-0.3, -0.25) is 14.5 Å². The monoisotopic (exact) mass is 244 g/mol. The highest BCUT2D eigenvalue weighted by atomic mass is 16.7. The average molecular weight is 244 g/mol. The zero-order valence-electron chi connectivity index (χ0n) is 10.1. The van der Waals surface area contributed by atoms with Crippen LogP contribution in [0.1, 0.15) is 19.3 Å². The molecular weight excluding hydrogens is 224 g/mol. The summed E-state index contributed by atoms with van der Waals surface area (Å²) in [6.45, 7) is 2.51. The average Bonchev–Trinajstić information content (AvgIpc) is 2.80. The highest BCUT2D eigenvalue weighted by Gasteiger charge is 2.19. The standard InChI is InChI=1S/C10H20N4O3/c1-13(7-4-10(16)17-12-11)8-9(15)14-5-2-3-6-14/h12H,2-8,11H2,1H3. The lowest BCUT2D eigenvalue weighted by Gasteiger charge is -2.20. The van der Waals surface area contributed by atoms with Crippen molar-refractivity contribution in [3.8, 4) is 0 Å². The Bertz CT molecular complexity index is 266. The zero-order chi connectivity index (χ0) is 12.7. The summed E-state index contributed by atoms with van der Waals surface area (Å²) in [5, 5.41) is 0. The van der Waals surface area contributed by atoms with Gasteiger partial charge < -0.3 is 9.74 Å². The van der Waals surface area contributed by atoms with Crippen LogP contribution in [0.25, 0.3) is 0 Å². The predicted octanol–water partition coefficient (Wildman–Crippen LogP) is -1.15. The van der Waals surface area contributed by atoms with Crippen LogP contribution in [0.3, 0.4) is 0 Å². The van der Waals surface area contributed by atoms with Crippen LogP contribution in [0.2, 0.25) is 0 Å². The Balaban J connectivity index is 2.17. The van der Waals surface area contributed by atoms with Crippen molar-refractivity contribution in [1.29, 1.82) is 0 Å². The number of amides is 1. The lowest BCUT2D eigenvalue weighted by Crippen LogP contribution is -2.38. The number of nitrogens with one attached hydrogen (secondary N) is 1. The van der Waals surface area contributed by atoms with Gasteiger partial charge in [-0.25, -0.2) is 5.84 Å². The molecule has 0 aromatic heterocycles. The summed E-state index contributed by atoms with van der Waals surface area (Å²) >= 11 is 0. The highest BCUT2D eigenvalue weighted by Crippen LogP contribution is 2.07. The number of likely N-dealkylation sites (N-methyl/N-ethyl adjacent to an activating group) is 1. The largest absolute Gasteiger partial charge is 0.356 e. The van der Waals surface area contributed by atoms with Crippen LogP contribution < -0.4 is 11.4 Å². The Morgan fingerprint density at radius 1 is 1.41 bits per heavy atom. The molecule has 3 N–H and O–H groups in total. The molecule has 1 heterocycles. The number of hydrogen-bond donors (Lipinski definition) is 2. The number of likely N-dealkylation sites (tertiary alicyclic amines) is 1. The third-order valence-electron chi connectivity index (χ3n) is 2.73. The molecule has 0 aliphatic carbocycles. The maximum atomic E-state index is 11.8. The number of carbonyl (C=O) groups excluding carboxylic acids is 2. The van der Waals surface area contributed by atoms with E-state index in [-0.39, 0.29) is 12.3 Å². The third-order valence-corrected chi connectivity index (χ3v) is 2.73. The predicted molar refractivity (Wildman–Crippen MR) is 61.3 cm³/mol. The quantitative estimate of drug-likeness (QED) is 0.453. The van der Waals surface area contributed by atoms with Crippen molar-refractivity contribution in [2.24, 2.45) is 5.84 Å². The highest BCUT2D eigenvalue weighted by molar-refractivity contribution is 5.78. The topological polar surface area (TPSA) is 87.9 Å². The number of nitrogens with zero attached hydrogens (tertiary/aromatic N) is 2. The van der Waals surface area contributed by atoms with Crippen molar-refractivity contribution in [2.75, 3.05) is 33.2 Å². The van der Waals surface area contributed by atoms with Crippen LogP contribution in [0.4, 0.5) is 0 Å². The summed E-state index contributed by atoms with van der Waals surface area (Å²) in [6.07, 6.45) is 2.38. The minimum absolute atomic E-state index is 0.121. The minimum atomic E-state index is -0.437. The van der Waals surface area contributed by atoms with Crippen LogP contribution in [-0.2, 0) is 14.4 Å². The van der Waals surface area contributed by atoms with Crippen LogP contribution in [0.15, 0.2) is 0 Å². The van der Waals surface area contributed by atoms with Gasteiger partial charge in [-0.05, 0) is 19.9 Å². The molecule has 0 bridgehead atoms. The molecule has 17 heavy (non-hydrogen) atoms. The Kier molecular flexibility index (Phi) is 5.88. The molecule has 1 fully saturated rings. The SMILES string of the molecule is CN(CCC(=O)ONN)CC(=O)N1CCCC1. The van der Waals surface area contributed by atoms with E-state index in [0.717, 1.165) is 25.9 Å². The van der Waals surface area contributed by atoms with Gasteiger partial charge in [0.05, 0.1) is 13.0 Å². The molecule has 98 valence electrons. The molecule has 1 saturated heterocycles. The van der Waals surface area contributed by atoms with E-state index in [2.05, 4.69) is 4.84 Å². The van der Waals surface area contributed by atoms with Gasteiger partial charge in [-0.1, -0.05) is 5.59 Å². The molecule has 1 amide bonds. The maximum Gasteiger partial charge on any atom is 0.327 e. The molecule has 0 aromatic rings. The van der Waals surface area contributed by atoms with Gasteiger partial charge in [0, 0.05) is 19.6 Å². The van der Waals surface area contributed by atoms with E-state index in [1.807, 2.05) is 10.5 Å². The molecule has 1 aliphatic heterocycles. The van der Waals surface area contributed by atoms with Gasteiger partial charge in [0.2, 0.25) is 5.91 Å². The summed E-state index contributed by atoms with van der Waals surface area (Å²) in [5.41, 5.74) is 1.83. The van der Waals surface area contributed by atoms with Crippen molar-refractivity contribution in [3.05, 3.63) is 0 Å². The molecule has 7 heteroatoms. The first-order chi connectivity index (χ1) is 8.13. The fraction of sp³-hybridized carbons (Fsp3) is 0.800. The molecule has 0 spiro atoms. The minimum Gasteiger partial charge on any atom is -0.356 e. The molecule has 0 atom stereocenters. The van der Waals surface area contributed by atoms with Crippen molar-refractivity contribution in [2.45, 2.75) is 19.3 Å². The first-order valence-corrected chi connectivity index (χ1v) is 5.75. The van der Waals surface area contributed by atoms with E-state index < -0.39 is 5.97 Å². The van der Waals surface area contributed by atoms with E-state index in [1.165, 1.54) is 0 Å². The van der Waals surface area contributed by atoms with Crippen LogP contribution in [0.5, 0.6) is 0 Å². The van der Waals surface area contributed by atoms with E-state index in [9.17, 15) is 9.59 Å². The van der Waals surface area contributed by atoms with E-state index in [4.69, 9.17) is 5.84 Å². The van der Waals surface area contributed by atoms with Crippen LogP contribution in [0, 0.1) is 0 Å². The summed E-state index contributed by atoms with van der Waals surface area (Å²) in [5.74, 6) is 4.52. The number of hydrogen-bond acceptors (Lipinski definition) is 6. The molecule has 0 aromatic carbocycles. The van der Waals surface area contributed by atoms with E-state index in [1.54, 1.807) is 11.9 Å². The molecule has 1 aliphatic rings. The lowest BCUT2D eigenvalue weighted by atomic mass is 10.4. The maximum absolute atomic E-state index is 11.8. The summed E-state index contributed by atoms with van der Waals surface area (Å²) in [7, 11) is 1.80. The number of carbonyl (C=O) groups is 2. The van der Waals surface area contributed by atoms with Crippen molar-refractivity contribution in [3.63, 3.8) is 0 Å². The van der Waals surface area contributed by atoms with Gasteiger partial charge in [-0.2, -0.15) is 0 Å². The number of nitrogens with two attached hydrogens (primary N) is 1. The van der Waals surface area contributed by atoms with Gasteiger partial charge in [-0.15, -0.1) is 0 Å². The Hall–Kier alpha value is -1.18. The molecule has 7 nitrogen and oxygen atoms in total. The summed E-state index contributed by atoms with van der Waals surface area (Å²) < 4.78 is 0. The third kappa shape index (κ3) is 5.12. The van der Waals surface area contributed by atoms with E-state index in [0.29, 0.717) is 13.1 Å². The normalized spacial score (nSPS) is 15.4. The van der Waals surface area contributed by atoms with Crippen molar-refractivity contribution < 1.29 is 14.4 Å². The molecule has 1 rings (SSSR count). The molecule has 0 radical (unpaired) electrons. The Morgan fingerprint density at radius 3 is 2.65 bits per heavy atom. The second-order valence-electron chi connectivity index (χ2n) is 4.17. The molecule has 0 saturated carbocycles. The van der Waals surface area contributed by atoms with Crippen molar-refractivity contribution in [1.82, 2.24) is 15.4 Å². The first-order valence-electron chi connectivity index (χ1n) is 5.75. The summed E-state index contributed by atoms with van der Waals surface area (Å²) in [6, 6.07) is 0. The lowest BCUT2D eigenvalue weighted by molar-refractivity contribution is -0.151.